The second kappa shape index (κ2) is 6.19. The summed E-state index contributed by atoms with van der Waals surface area (Å²) in [6.45, 7) is 3.19. The number of aromatic nitrogens is 2. The van der Waals surface area contributed by atoms with Gasteiger partial charge in [-0.1, -0.05) is 11.2 Å². The summed E-state index contributed by atoms with van der Waals surface area (Å²) in [5.74, 6) is 1.22. The fourth-order valence-corrected chi connectivity index (χ4v) is 1.65. The van der Waals surface area contributed by atoms with Crippen LogP contribution in [0.25, 0.3) is 11.4 Å². The molecule has 0 bridgehead atoms. The monoisotopic (exact) mass is 263 g/mol. The van der Waals surface area contributed by atoms with Crippen LogP contribution in [-0.4, -0.2) is 37.5 Å². The Balaban J connectivity index is 2.18. The van der Waals surface area contributed by atoms with E-state index in [0.29, 0.717) is 25.0 Å². The van der Waals surface area contributed by atoms with E-state index in [4.69, 9.17) is 14.0 Å². The molecule has 0 radical (unpaired) electrons. The molecule has 19 heavy (non-hydrogen) atoms. The molecular formula is C13H17N3O3. The molecule has 0 saturated heterocycles. The zero-order chi connectivity index (χ0) is 13.7. The van der Waals surface area contributed by atoms with Crippen molar-refractivity contribution in [1.82, 2.24) is 10.1 Å². The molecule has 1 aromatic heterocycles. The quantitative estimate of drug-likeness (QED) is 0.805. The first kappa shape index (κ1) is 13.4. The first-order chi connectivity index (χ1) is 9.24. The lowest BCUT2D eigenvalue weighted by Crippen LogP contribution is -2.07. The van der Waals surface area contributed by atoms with Crippen molar-refractivity contribution in [3.05, 3.63) is 23.8 Å². The van der Waals surface area contributed by atoms with Crippen molar-refractivity contribution in [2.75, 3.05) is 32.7 Å². The van der Waals surface area contributed by atoms with E-state index < -0.39 is 0 Å². The summed E-state index contributed by atoms with van der Waals surface area (Å²) in [7, 11) is 3.26. The minimum absolute atomic E-state index is 0.370. The highest BCUT2D eigenvalue weighted by atomic mass is 16.5. The molecule has 0 saturated carbocycles. The number of benzene rings is 1. The topological polar surface area (TPSA) is 69.4 Å². The number of anilines is 1. The lowest BCUT2D eigenvalue weighted by atomic mass is 10.1. The van der Waals surface area contributed by atoms with Crippen LogP contribution in [0.1, 0.15) is 5.56 Å². The Morgan fingerprint density at radius 2 is 2.16 bits per heavy atom. The molecule has 2 aromatic rings. The van der Waals surface area contributed by atoms with Gasteiger partial charge in [-0.25, -0.2) is 0 Å². The summed E-state index contributed by atoms with van der Waals surface area (Å²) in [6.07, 6.45) is 0. The average Bonchev–Trinajstić information content (AvgIpc) is 2.87. The molecule has 1 N–H and O–H groups in total. The third-order valence-electron chi connectivity index (χ3n) is 2.61. The lowest BCUT2D eigenvalue weighted by Gasteiger charge is -2.05. The Morgan fingerprint density at radius 1 is 1.32 bits per heavy atom. The predicted molar refractivity (Wildman–Crippen MR) is 71.4 cm³/mol. The Hall–Kier alpha value is -2.08. The van der Waals surface area contributed by atoms with Crippen molar-refractivity contribution < 1.29 is 14.0 Å². The zero-order valence-corrected chi connectivity index (χ0v) is 11.3. The summed E-state index contributed by atoms with van der Waals surface area (Å²) in [4.78, 5) is 4.27. The Bertz CT molecular complexity index is 540. The largest absolute Gasteiger partial charge is 0.496 e. The van der Waals surface area contributed by atoms with Crippen molar-refractivity contribution in [2.24, 2.45) is 0 Å². The molecule has 0 aliphatic carbocycles. The molecule has 6 nitrogen and oxygen atoms in total. The van der Waals surface area contributed by atoms with Gasteiger partial charge in [-0.15, -0.1) is 0 Å². The fourth-order valence-electron chi connectivity index (χ4n) is 1.65. The van der Waals surface area contributed by atoms with E-state index in [0.717, 1.165) is 16.9 Å². The Kier molecular flexibility index (Phi) is 4.35. The van der Waals surface area contributed by atoms with E-state index >= 15 is 0 Å². The van der Waals surface area contributed by atoms with Gasteiger partial charge in [0.25, 0.3) is 0 Å². The maximum atomic E-state index is 5.33. The summed E-state index contributed by atoms with van der Waals surface area (Å²) in [5, 5.41) is 6.91. The van der Waals surface area contributed by atoms with Gasteiger partial charge in [-0.3, -0.25) is 0 Å². The molecule has 1 aromatic carbocycles. The Morgan fingerprint density at radius 3 is 2.89 bits per heavy atom. The minimum atomic E-state index is 0.370. The second-order valence-corrected chi connectivity index (χ2v) is 4.05. The van der Waals surface area contributed by atoms with Gasteiger partial charge in [0.2, 0.25) is 5.82 Å². The van der Waals surface area contributed by atoms with E-state index in [1.165, 1.54) is 0 Å². The van der Waals surface area contributed by atoms with Gasteiger partial charge in [0.05, 0.1) is 19.3 Å². The molecule has 0 atom stereocenters. The molecule has 2 rings (SSSR count). The third-order valence-corrected chi connectivity index (χ3v) is 2.61. The number of ether oxygens (including phenoxy) is 2. The first-order valence-electron chi connectivity index (χ1n) is 5.96. The van der Waals surface area contributed by atoms with Crippen LogP contribution in [0.5, 0.6) is 5.75 Å². The van der Waals surface area contributed by atoms with E-state index in [2.05, 4.69) is 15.5 Å². The molecule has 6 heteroatoms. The van der Waals surface area contributed by atoms with Gasteiger partial charge in [-0.2, -0.15) is 4.98 Å². The number of aryl methyl sites for hydroxylation is 1. The van der Waals surface area contributed by atoms with Crippen molar-refractivity contribution in [2.45, 2.75) is 6.92 Å². The lowest BCUT2D eigenvalue weighted by molar-refractivity contribution is 0.210. The van der Waals surface area contributed by atoms with Crippen LogP contribution in [0.3, 0.4) is 0 Å². The van der Waals surface area contributed by atoms with E-state index in [9.17, 15) is 0 Å². The van der Waals surface area contributed by atoms with E-state index in [-0.39, 0.29) is 0 Å². The van der Waals surface area contributed by atoms with Gasteiger partial charge in [0.15, 0.2) is 0 Å². The highest BCUT2D eigenvalue weighted by Gasteiger charge is 2.13. The van der Waals surface area contributed by atoms with Crippen molar-refractivity contribution in [3.8, 4) is 17.1 Å². The smallest absolute Gasteiger partial charge is 0.321 e. The van der Waals surface area contributed by atoms with Gasteiger partial charge >= 0.3 is 6.01 Å². The van der Waals surface area contributed by atoms with Gasteiger partial charge in [-0.05, 0) is 24.6 Å². The van der Waals surface area contributed by atoms with Crippen molar-refractivity contribution in [3.63, 3.8) is 0 Å². The minimum Gasteiger partial charge on any atom is -0.496 e. The van der Waals surface area contributed by atoms with E-state index in [1.807, 2.05) is 25.1 Å². The molecule has 0 amide bonds. The zero-order valence-electron chi connectivity index (χ0n) is 11.3. The van der Waals surface area contributed by atoms with Gasteiger partial charge in [0.1, 0.15) is 5.75 Å². The summed E-state index contributed by atoms with van der Waals surface area (Å²) < 4.78 is 15.4. The van der Waals surface area contributed by atoms with Crippen molar-refractivity contribution in [1.29, 1.82) is 0 Å². The highest BCUT2D eigenvalue weighted by molar-refractivity contribution is 5.65. The van der Waals surface area contributed by atoms with Crippen LogP contribution in [-0.2, 0) is 4.74 Å². The molecule has 1 heterocycles. The number of nitrogens with one attached hydrogen (secondary N) is 1. The number of rotatable bonds is 6. The molecule has 0 aliphatic heterocycles. The van der Waals surface area contributed by atoms with Crippen LogP contribution in [0.4, 0.5) is 6.01 Å². The van der Waals surface area contributed by atoms with Gasteiger partial charge < -0.3 is 19.3 Å². The molecule has 0 unspecified atom stereocenters. The molecule has 102 valence electrons. The molecule has 0 spiro atoms. The van der Waals surface area contributed by atoms with Gasteiger partial charge in [0, 0.05) is 13.7 Å². The second-order valence-electron chi connectivity index (χ2n) is 4.05. The average molecular weight is 263 g/mol. The van der Waals surface area contributed by atoms with Crippen molar-refractivity contribution >= 4 is 6.01 Å². The molecular weight excluding hydrogens is 246 g/mol. The SMILES string of the molecule is COCCNc1nc(-c2ccc(C)cc2OC)no1. The third kappa shape index (κ3) is 3.23. The summed E-state index contributed by atoms with van der Waals surface area (Å²) in [5.41, 5.74) is 1.92. The normalized spacial score (nSPS) is 10.5. The maximum absolute atomic E-state index is 5.33. The highest BCUT2D eigenvalue weighted by Crippen LogP contribution is 2.29. The van der Waals surface area contributed by atoms with E-state index in [1.54, 1.807) is 14.2 Å². The fraction of sp³-hybridized carbons (Fsp3) is 0.385. The van der Waals surface area contributed by atoms with Crippen LogP contribution < -0.4 is 10.1 Å². The summed E-state index contributed by atoms with van der Waals surface area (Å²) in [6, 6.07) is 6.20. The van der Waals surface area contributed by atoms with Crippen LogP contribution in [0.2, 0.25) is 0 Å². The first-order valence-corrected chi connectivity index (χ1v) is 5.96. The summed E-state index contributed by atoms with van der Waals surface area (Å²) >= 11 is 0. The molecule has 0 aliphatic rings. The number of hydrogen-bond acceptors (Lipinski definition) is 6. The number of nitrogens with zero attached hydrogens (tertiary/aromatic N) is 2. The molecule has 0 fully saturated rings. The maximum Gasteiger partial charge on any atom is 0.321 e. The Labute approximate surface area is 111 Å². The standard InChI is InChI=1S/C13H17N3O3/c1-9-4-5-10(11(8-9)18-3)12-15-13(19-16-12)14-6-7-17-2/h4-5,8H,6-7H2,1-3H3,(H,14,15,16). The number of hydrogen-bond donors (Lipinski definition) is 1. The van der Waals surface area contributed by atoms with Crippen LogP contribution in [0.15, 0.2) is 22.7 Å². The number of methoxy groups -OCH3 is 2. The van der Waals surface area contributed by atoms with Crippen LogP contribution in [0, 0.1) is 6.92 Å². The predicted octanol–water partition coefficient (Wildman–Crippen LogP) is 2.11. The van der Waals surface area contributed by atoms with Crippen LogP contribution >= 0.6 is 0 Å².